The number of carboxylic acids is 1. The second-order valence-corrected chi connectivity index (χ2v) is 15.0. The average Bonchev–Trinajstić information content (AvgIpc) is 2.73. The molecule has 10 atom stereocenters. The molecule has 4 nitrogen and oxygen atoms in total. The Bertz CT molecular complexity index is 923. The van der Waals surface area contributed by atoms with Crippen molar-refractivity contribution in [2.45, 2.75) is 118 Å². The number of aliphatic hydroxyl groups is 2. The summed E-state index contributed by atoms with van der Waals surface area (Å²) >= 11 is 0. The Labute approximate surface area is 206 Å². The first-order valence-corrected chi connectivity index (χ1v) is 13.9. The molecule has 0 aliphatic heterocycles. The molecular weight excluding hydrogens is 424 g/mol. The SMILES string of the molecule is CC1(C)C2CC[C@]3(C)C(CC=C4C5C[C@](C)(C(=O)O)C[C@H](O)[C@]5(C)CC[C@]43C)[C@@]2(C)CC[C@@H]1O. The van der Waals surface area contributed by atoms with Gasteiger partial charge in [-0.25, -0.2) is 0 Å². The number of carboxylic acid groups (broad SMARTS) is 1. The van der Waals surface area contributed by atoms with Gasteiger partial charge in [-0.1, -0.05) is 53.2 Å². The summed E-state index contributed by atoms with van der Waals surface area (Å²) in [5, 5.41) is 32.2. The van der Waals surface area contributed by atoms with Crippen LogP contribution in [0.4, 0.5) is 0 Å². The lowest BCUT2D eigenvalue weighted by Gasteiger charge is -2.71. The standard InChI is InChI=1S/C30H48O4/c1-25(2)20-10-13-30(7)21(28(20,5)12-11-22(25)31)9-8-18-19-16-26(3,24(33)34)17-23(32)27(19,4)14-15-29(18,30)6/h8,19-23,31-32H,9-17H2,1-7H3,(H,33,34)/t19?,20?,21?,22-,23-,26-,27+,28-,29+,30+/m0/s1. The predicted molar refractivity (Wildman–Crippen MR) is 134 cm³/mol. The molecule has 0 saturated heterocycles. The largest absolute Gasteiger partial charge is 0.481 e. The van der Waals surface area contributed by atoms with Crippen molar-refractivity contribution in [1.29, 1.82) is 0 Å². The van der Waals surface area contributed by atoms with Crippen LogP contribution in [0.15, 0.2) is 11.6 Å². The topological polar surface area (TPSA) is 77.8 Å². The molecule has 4 heteroatoms. The van der Waals surface area contributed by atoms with Crippen LogP contribution in [0.1, 0.15) is 106 Å². The van der Waals surface area contributed by atoms with E-state index >= 15 is 0 Å². The lowest BCUT2D eigenvalue weighted by atomic mass is 9.33. The van der Waals surface area contributed by atoms with Gasteiger partial charge in [-0.05, 0) is 104 Å². The summed E-state index contributed by atoms with van der Waals surface area (Å²) in [6.07, 6.45) is 10.1. The third-order valence-corrected chi connectivity index (χ3v) is 13.4. The van der Waals surface area contributed by atoms with Crippen molar-refractivity contribution in [2.75, 3.05) is 0 Å². The number of rotatable bonds is 1. The number of carbonyl (C=O) groups is 1. The van der Waals surface area contributed by atoms with Gasteiger partial charge in [-0.3, -0.25) is 4.79 Å². The van der Waals surface area contributed by atoms with Gasteiger partial charge in [0.25, 0.3) is 0 Å². The molecule has 5 aliphatic rings. The number of allylic oxidation sites excluding steroid dienone is 2. The third-order valence-electron chi connectivity index (χ3n) is 13.4. The zero-order chi connectivity index (χ0) is 25.1. The van der Waals surface area contributed by atoms with Crippen LogP contribution in [-0.4, -0.2) is 33.5 Å². The highest BCUT2D eigenvalue weighted by Gasteiger charge is 2.69. The maximum Gasteiger partial charge on any atom is 0.309 e. The summed E-state index contributed by atoms with van der Waals surface area (Å²) in [6, 6.07) is 0. The number of fused-ring (bicyclic) bond motifs is 7. The number of aliphatic hydroxyl groups excluding tert-OH is 2. The summed E-state index contributed by atoms with van der Waals surface area (Å²) in [5.74, 6) is 0.463. The Morgan fingerprint density at radius 1 is 0.824 bits per heavy atom. The van der Waals surface area contributed by atoms with Gasteiger partial charge in [0.05, 0.1) is 17.6 Å². The number of aliphatic carboxylic acids is 1. The van der Waals surface area contributed by atoms with E-state index in [1.54, 1.807) is 0 Å². The van der Waals surface area contributed by atoms with Crippen molar-refractivity contribution < 1.29 is 20.1 Å². The number of hydrogen-bond donors (Lipinski definition) is 3. The molecule has 5 aliphatic carbocycles. The Morgan fingerprint density at radius 3 is 2.15 bits per heavy atom. The Kier molecular flexibility index (Phi) is 5.20. The highest BCUT2D eigenvalue weighted by atomic mass is 16.4. The smallest absolute Gasteiger partial charge is 0.309 e. The molecule has 0 aromatic heterocycles. The number of hydrogen-bond acceptors (Lipinski definition) is 3. The molecule has 0 bridgehead atoms. The summed E-state index contributed by atoms with van der Waals surface area (Å²) in [5.41, 5.74) is 0.706. The average molecular weight is 473 g/mol. The third kappa shape index (κ3) is 2.82. The van der Waals surface area contributed by atoms with Gasteiger partial charge in [0, 0.05) is 5.41 Å². The van der Waals surface area contributed by atoms with Crippen molar-refractivity contribution in [2.24, 2.45) is 50.2 Å². The molecule has 192 valence electrons. The van der Waals surface area contributed by atoms with Crippen LogP contribution in [0.2, 0.25) is 0 Å². The molecule has 0 aromatic rings. The Morgan fingerprint density at radius 2 is 1.50 bits per heavy atom. The van der Waals surface area contributed by atoms with E-state index in [0.717, 1.165) is 38.5 Å². The molecule has 0 aromatic carbocycles. The fourth-order valence-electron chi connectivity index (χ4n) is 10.6. The first-order chi connectivity index (χ1) is 15.6. The normalized spacial score (nSPS) is 56.3. The van der Waals surface area contributed by atoms with E-state index in [0.29, 0.717) is 24.7 Å². The maximum atomic E-state index is 12.3. The molecule has 4 saturated carbocycles. The van der Waals surface area contributed by atoms with Gasteiger partial charge < -0.3 is 15.3 Å². The molecular formula is C30H48O4. The molecule has 0 heterocycles. The fourth-order valence-corrected chi connectivity index (χ4v) is 10.6. The van der Waals surface area contributed by atoms with Gasteiger partial charge in [0.2, 0.25) is 0 Å². The molecule has 0 spiro atoms. The second kappa shape index (κ2) is 7.12. The van der Waals surface area contributed by atoms with E-state index in [4.69, 9.17) is 0 Å². The maximum absolute atomic E-state index is 12.3. The van der Waals surface area contributed by atoms with E-state index in [1.807, 2.05) is 6.92 Å². The summed E-state index contributed by atoms with van der Waals surface area (Å²) < 4.78 is 0. The molecule has 3 N–H and O–H groups in total. The second-order valence-electron chi connectivity index (χ2n) is 15.0. The first-order valence-electron chi connectivity index (χ1n) is 13.9. The van der Waals surface area contributed by atoms with Crippen LogP contribution >= 0.6 is 0 Å². The predicted octanol–water partition coefficient (Wildman–Crippen LogP) is 6.20. The van der Waals surface area contributed by atoms with E-state index in [1.165, 1.54) is 12.0 Å². The van der Waals surface area contributed by atoms with Gasteiger partial charge in [0.1, 0.15) is 0 Å². The van der Waals surface area contributed by atoms with Crippen molar-refractivity contribution >= 4 is 5.97 Å². The van der Waals surface area contributed by atoms with Crippen molar-refractivity contribution in [3.63, 3.8) is 0 Å². The monoisotopic (exact) mass is 472 g/mol. The zero-order valence-corrected chi connectivity index (χ0v) is 22.6. The molecule has 0 radical (unpaired) electrons. The van der Waals surface area contributed by atoms with Crippen LogP contribution in [0.25, 0.3) is 0 Å². The lowest BCUT2D eigenvalue weighted by molar-refractivity contribution is -0.208. The summed E-state index contributed by atoms with van der Waals surface area (Å²) in [4.78, 5) is 12.3. The van der Waals surface area contributed by atoms with Crippen molar-refractivity contribution in [3.05, 3.63) is 11.6 Å². The van der Waals surface area contributed by atoms with E-state index in [9.17, 15) is 20.1 Å². The first kappa shape index (κ1) is 24.8. The Hall–Kier alpha value is -0.870. The molecule has 0 amide bonds. The van der Waals surface area contributed by atoms with Gasteiger partial charge >= 0.3 is 5.97 Å². The summed E-state index contributed by atoms with van der Waals surface area (Å²) in [6.45, 7) is 16.2. The van der Waals surface area contributed by atoms with E-state index in [2.05, 4.69) is 47.6 Å². The minimum atomic E-state index is -0.867. The lowest BCUT2D eigenvalue weighted by Crippen LogP contribution is -2.65. The zero-order valence-electron chi connectivity index (χ0n) is 22.6. The van der Waals surface area contributed by atoms with E-state index in [-0.39, 0.29) is 39.1 Å². The van der Waals surface area contributed by atoms with Gasteiger partial charge in [-0.15, -0.1) is 0 Å². The van der Waals surface area contributed by atoms with Crippen LogP contribution in [0, 0.1) is 50.2 Å². The summed E-state index contributed by atoms with van der Waals surface area (Å²) in [7, 11) is 0. The Balaban J connectivity index is 1.59. The van der Waals surface area contributed by atoms with Gasteiger partial charge in [-0.2, -0.15) is 0 Å². The van der Waals surface area contributed by atoms with Crippen LogP contribution in [0.3, 0.4) is 0 Å². The quantitative estimate of drug-likeness (QED) is 0.397. The fraction of sp³-hybridized carbons (Fsp3) is 0.900. The van der Waals surface area contributed by atoms with Crippen LogP contribution < -0.4 is 0 Å². The van der Waals surface area contributed by atoms with Crippen molar-refractivity contribution in [3.8, 4) is 0 Å². The molecule has 34 heavy (non-hydrogen) atoms. The van der Waals surface area contributed by atoms with Crippen LogP contribution in [-0.2, 0) is 4.79 Å². The van der Waals surface area contributed by atoms with Crippen LogP contribution in [0.5, 0.6) is 0 Å². The molecule has 4 fully saturated rings. The minimum absolute atomic E-state index is 0.0325. The molecule has 3 unspecified atom stereocenters. The molecule has 5 rings (SSSR count). The highest BCUT2D eigenvalue weighted by Crippen LogP contribution is 2.75. The van der Waals surface area contributed by atoms with Crippen molar-refractivity contribution in [1.82, 2.24) is 0 Å². The van der Waals surface area contributed by atoms with E-state index < -0.39 is 17.5 Å². The minimum Gasteiger partial charge on any atom is -0.481 e. The highest BCUT2D eigenvalue weighted by molar-refractivity contribution is 5.74. The van der Waals surface area contributed by atoms with Gasteiger partial charge in [0.15, 0.2) is 0 Å².